The third kappa shape index (κ3) is 5.37. The summed E-state index contributed by atoms with van der Waals surface area (Å²) in [6.45, 7) is 1.12. The van der Waals surface area contributed by atoms with Gasteiger partial charge < -0.3 is 25.6 Å². The first-order valence-corrected chi connectivity index (χ1v) is 11.6. The molecule has 36 heavy (non-hydrogen) atoms. The SMILES string of the molecule is COc1cc(Nc2nccc(Nc3cnc4ccc(Cl)cc4c3)n2)cnc1N1CCNC(C(F)F)C1. The predicted octanol–water partition coefficient (Wildman–Crippen LogP) is 4.61. The largest absolute Gasteiger partial charge is 0.493 e. The van der Waals surface area contributed by atoms with Crippen LogP contribution < -0.4 is 25.6 Å². The van der Waals surface area contributed by atoms with Crippen molar-refractivity contribution in [3.63, 3.8) is 0 Å². The van der Waals surface area contributed by atoms with Gasteiger partial charge in [-0.25, -0.2) is 18.7 Å². The molecule has 4 heterocycles. The van der Waals surface area contributed by atoms with E-state index >= 15 is 0 Å². The molecule has 3 aromatic heterocycles. The van der Waals surface area contributed by atoms with Crippen LogP contribution in [0.1, 0.15) is 0 Å². The van der Waals surface area contributed by atoms with E-state index in [0.717, 1.165) is 16.6 Å². The highest BCUT2D eigenvalue weighted by atomic mass is 35.5. The minimum absolute atomic E-state index is 0.139. The summed E-state index contributed by atoms with van der Waals surface area (Å²) in [6.07, 6.45) is 2.47. The van der Waals surface area contributed by atoms with Crippen molar-refractivity contribution < 1.29 is 13.5 Å². The van der Waals surface area contributed by atoms with Gasteiger partial charge in [0, 0.05) is 42.3 Å². The summed E-state index contributed by atoms with van der Waals surface area (Å²) >= 11 is 6.10. The van der Waals surface area contributed by atoms with E-state index in [0.29, 0.717) is 47.1 Å². The van der Waals surface area contributed by atoms with Gasteiger partial charge in [-0.2, -0.15) is 4.98 Å². The number of ether oxygens (including phenoxy) is 1. The van der Waals surface area contributed by atoms with Gasteiger partial charge in [0.1, 0.15) is 5.82 Å². The zero-order valence-corrected chi connectivity index (χ0v) is 20.0. The summed E-state index contributed by atoms with van der Waals surface area (Å²) in [7, 11) is 1.52. The summed E-state index contributed by atoms with van der Waals surface area (Å²) < 4.78 is 31.8. The van der Waals surface area contributed by atoms with E-state index in [1.165, 1.54) is 7.11 Å². The van der Waals surface area contributed by atoms with E-state index in [2.05, 4.69) is 35.9 Å². The number of rotatable bonds is 7. The van der Waals surface area contributed by atoms with Crippen molar-refractivity contribution in [1.82, 2.24) is 25.3 Å². The smallest absolute Gasteiger partial charge is 0.255 e. The molecule has 1 aliphatic rings. The molecule has 1 unspecified atom stereocenters. The molecule has 0 radical (unpaired) electrons. The maximum Gasteiger partial charge on any atom is 0.255 e. The lowest BCUT2D eigenvalue weighted by molar-refractivity contribution is 0.0956. The number of methoxy groups -OCH3 is 1. The Labute approximate surface area is 210 Å². The molecule has 1 aliphatic heterocycles. The maximum absolute atomic E-state index is 13.2. The van der Waals surface area contributed by atoms with Crippen molar-refractivity contribution in [2.45, 2.75) is 12.5 Å². The number of benzene rings is 1. The lowest BCUT2D eigenvalue weighted by atomic mass is 10.2. The molecule has 0 amide bonds. The second kappa shape index (κ2) is 10.4. The van der Waals surface area contributed by atoms with Crippen LogP contribution in [-0.4, -0.2) is 59.1 Å². The molecule has 3 N–H and O–H groups in total. The molecule has 0 bridgehead atoms. The summed E-state index contributed by atoms with van der Waals surface area (Å²) in [5.74, 6) is 1.87. The van der Waals surface area contributed by atoms with Gasteiger partial charge in [-0.3, -0.25) is 4.98 Å². The van der Waals surface area contributed by atoms with Crippen molar-refractivity contribution in [3.8, 4) is 5.75 Å². The fourth-order valence-electron chi connectivity index (χ4n) is 3.97. The number of piperazine rings is 1. The van der Waals surface area contributed by atoms with Gasteiger partial charge in [0.05, 0.1) is 42.4 Å². The Morgan fingerprint density at radius 1 is 1.08 bits per heavy atom. The number of hydrogen-bond donors (Lipinski definition) is 3. The number of pyridine rings is 2. The summed E-state index contributed by atoms with van der Waals surface area (Å²) in [5.41, 5.74) is 2.18. The zero-order valence-electron chi connectivity index (χ0n) is 19.3. The van der Waals surface area contributed by atoms with Crippen LogP contribution in [0.2, 0.25) is 5.02 Å². The van der Waals surface area contributed by atoms with Crippen LogP contribution >= 0.6 is 11.6 Å². The highest BCUT2D eigenvalue weighted by molar-refractivity contribution is 6.31. The molecule has 1 atom stereocenters. The Hall–Kier alpha value is -3.83. The Kier molecular flexibility index (Phi) is 6.92. The minimum atomic E-state index is -2.46. The summed E-state index contributed by atoms with van der Waals surface area (Å²) in [5, 5.41) is 10.7. The standard InChI is InChI=1S/C24H23ClF2N8O/c1-36-20-10-17(12-31-23(20)35-7-6-28-19(13-35)22(26)27)33-24-29-5-4-21(34-24)32-16-9-14-8-15(25)2-3-18(14)30-11-16/h2-5,8-12,19,22,28H,6-7,13H2,1H3,(H2,29,32,33,34). The van der Waals surface area contributed by atoms with Gasteiger partial charge in [0.25, 0.3) is 6.43 Å². The lowest BCUT2D eigenvalue weighted by Gasteiger charge is -2.34. The third-order valence-corrected chi connectivity index (χ3v) is 5.92. The molecule has 4 aromatic rings. The minimum Gasteiger partial charge on any atom is -0.493 e. The number of fused-ring (bicyclic) bond motifs is 1. The van der Waals surface area contributed by atoms with Crippen LogP contribution in [-0.2, 0) is 0 Å². The Balaban J connectivity index is 1.31. The zero-order chi connectivity index (χ0) is 25.1. The van der Waals surface area contributed by atoms with E-state index < -0.39 is 12.5 Å². The highest BCUT2D eigenvalue weighted by Crippen LogP contribution is 2.31. The van der Waals surface area contributed by atoms with E-state index in [1.54, 1.807) is 41.7 Å². The molecular formula is C24H23ClF2N8O. The summed E-state index contributed by atoms with van der Waals surface area (Å²) in [6, 6.07) is 10.0. The molecule has 1 saturated heterocycles. The number of halogens is 3. The monoisotopic (exact) mass is 512 g/mol. The van der Waals surface area contributed by atoms with Gasteiger partial charge in [0.2, 0.25) is 5.95 Å². The van der Waals surface area contributed by atoms with Gasteiger partial charge in [-0.15, -0.1) is 0 Å². The van der Waals surface area contributed by atoms with Gasteiger partial charge in [0.15, 0.2) is 11.6 Å². The van der Waals surface area contributed by atoms with Crippen molar-refractivity contribution in [3.05, 3.63) is 60.0 Å². The van der Waals surface area contributed by atoms with Crippen molar-refractivity contribution in [2.75, 3.05) is 42.3 Å². The number of hydrogen-bond acceptors (Lipinski definition) is 9. The summed E-state index contributed by atoms with van der Waals surface area (Å²) in [4.78, 5) is 19.5. The van der Waals surface area contributed by atoms with E-state index in [1.807, 2.05) is 18.2 Å². The quantitative estimate of drug-likeness (QED) is 0.327. The van der Waals surface area contributed by atoms with Crippen LogP contribution in [0.25, 0.3) is 10.9 Å². The first-order valence-electron chi connectivity index (χ1n) is 11.2. The average Bonchev–Trinajstić information content (AvgIpc) is 2.88. The Bertz CT molecular complexity index is 1380. The van der Waals surface area contributed by atoms with Crippen molar-refractivity contribution in [2.24, 2.45) is 0 Å². The number of nitrogens with one attached hydrogen (secondary N) is 3. The van der Waals surface area contributed by atoms with Gasteiger partial charge in [-0.1, -0.05) is 11.6 Å². The number of aromatic nitrogens is 4. The predicted molar refractivity (Wildman–Crippen MR) is 136 cm³/mol. The van der Waals surface area contributed by atoms with Gasteiger partial charge in [-0.05, 0) is 30.3 Å². The fraction of sp³-hybridized carbons (Fsp3) is 0.250. The molecule has 186 valence electrons. The number of anilines is 5. The van der Waals surface area contributed by atoms with Crippen LogP contribution in [0.15, 0.2) is 55.0 Å². The van der Waals surface area contributed by atoms with Crippen LogP contribution in [0.5, 0.6) is 5.75 Å². The van der Waals surface area contributed by atoms with E-state index in [4.69, 9.17) is 16.3 Å². The third-order valence-electron chi connectivity index (χ3n) is 5.69. The van der Waals surface area contributed by atoms with E-state index in [-0.39, 0.29) is 6.54 Å². The lowest BCUT2D eigenvalue weighted by Crippen LogP contribution is -2.54. The highest BCUT2D eigenvalue weighted by Gasteiger charge is 2.28. The molecule has 0 saturated carbocycles. The number of nitrogens with zero attached hydrogens (tertiary/aromatic N) is 5. The molecule has 0 aliphatic carbocycles. The molecular weight excluding hydrogens is 490 g/mol. The molecule has 12 heteroatoms. The average molecular weight is 513 g/mol. The van der Waals surface area contributed by atoms with Crippen molar-refractivity contribution >= 4 is 51.5 Å². The second-order valence-electron chi connectivity index (χ2n) is 8.17. The molecule has 0 spiro atoms. The van der Waals surface area contributed by atoms with Crippen LogP contribution in [0, 0.1) is 0 Å². The van der Waals surface area contributed by atoms with Crippen LogP contribution in [0.3, 0.4) is 0 Å². The Morgan fingerprint density at radius 2 is 1.92 bits per heavy atom. The molecule has 1 fully saturated rings. The number of alkyl halides is 2. The maximum atomic E-state index is 13.2. The van der Waals surface area contributed by atoms with E-state index in [9.17, 15) is 8.78 Å². The first kappa shape index (κ1) is 23.9. The van der Waals surface area contributed by atoms with Crippen LogP contribution in [0.4, 0.5) is 37.7 Å². The topological polar surface area (TPSA) is 100 Å². The van der Waals surface area contributed by atoms with Gasteiger partial charge >= 0.3 is 0 Å². The van der Waals surface area contributed by atoms with Crippen molar-refractivity contribution in [1.29, 1.82) is 0 Å². The molecule has 1 aromatic carbocycles. The fourth-order valence-corrected chi connectivity index (χ4v) is 4.15. The second-order valence-corrected chi connectivity index (χ2v) is 8.60. The molecule has 9 nitrogen and oxygen atoms in total. The Morgan fingerprint density at radius 3 is 2.75 bits per heavy atom. The molecule has 5 rings (SSSR count). The first-order chi connectivity index (χ1) is 17.5. The normalized spacial score (nSPS) is 15.8.